The van der Waals surface area contributed by atoms with E-state index in [-0.39, 0.29) is 5.75 Å². The Labute approximate surface area is 117 Å². The minimum Gasteiger partial charge on any atom is -0.435 e. The van der Waals surface area contributed by atoms with E-state index < -0.39 is 6.61 Å². The van der Waals surface area contributed by atoms with Gasteiger partial charge in [0.15, 0.2) is 0 Å². The summed E-state index contributed by atoms with van der Waals surface area (Å²) in [4.78, 5) is 2.45. The predicted octanol–water partition coefficient (Wildman–Crippen LogP) is 2.47. The summed E-state index contributed by atoms with van der Waals surface area (Å²) in [7, 11) is 0. The lowest BCUT2D eigenvalue weighted by Crippen LogP contribution is -2.28. The second kappa shape index (κ2) is 5.66. The molecular weight excluding hydrogens is 262 g/mol. The van der Waals surface area contributed by atoms with Crippen molar-refractivity contribution in [3.05, 3.63) is 29.8 Å². The molecule has 0 aliphatic carbocycles. The number of rotatable bonds is 4. The molecule has 1 spiro atoms. The smallest absolute Gasteiger partial charge is 0.387 e. The first-order valence-corrected chi connectivity index (χ1v) is 7.12. The number of nitrogens with zero attached hydrogens (tertiary/aromatic N) is 1. The van der Waals surface area contributed by atoms with Crippen molar-refractivity contribution in [3.63, 3.8) is 0 Å². The number of hydrogen-bond acceptors (Lipinski definition) is 3. The highest BCUT2D eigenvalue weighted by Crippen LogP contribution is 2.36. The van der Waals surface area contributed by atoms with Gasteiger partial charge in [0, 0.05) is 19.6 Å². The van der Waals surface area contributed by atoms with Gasteiger partial charge in [-0.2, -0.15) is 8.78 Å². The van der Waals surface area contributed by atoms with Crippen LogP contribution in [0.2, 0.25) is 0 Å². The van der Waals surface area contributed by atoms with Gasteiger partial charge in [-0.25, -0.2) is 0 Å². The monoisotopic (exact) mass is 282 g/mol. The largest absolute Gasteiger partial charge is 0.435 e. The first-order chi connectivity index (χ1) is 9.65. The maximum atomic E-state index is 12.1. The molecule has 0 radical (unpaired) electrons. The van der Waals surface area contributed by atoms with Gasteiger partial charge in [0.1, 0.15) is 5.75 Å². The highest BCUT2D eigenvalue weighted by atomic mass is 19.3. The van der Waals surface area contributed by atoms with Gasteiger partial charge in [-0.15, -0.1) is 0 Å². The van der Waals surface area contributed by atoms with Gasteiger partial charge in [-0.05, 0) is 49.0 Å². The Morgan fingerprint density at radius 2 is 2.05 bits per heavy atom. The molecule has 1 unspecified atom stereocenters. The van der Waals surface area contributed by atoms with Gasteiger partial charge < -0.3 is 10.1 Å². The first kappa shape index (κ1) is 13.8. The number of benzene rings is 1. The fourth-order valence-corrected chi connectivity index (χ4v) is 3.34. The van der Waals surface area contributed by atoms with Gasteiger partial charge in [0.25, 0.3) is 0 Å². The molecule has 110 valence electrons. The molecule has 0 saturated carbocycles. The minimum absolute atomic E-state index is 0.224. The fourth-order valence-electron chi connectivity index (χ4n) is 3.34. The quantitative estimate of drug-likeness (QED) is 0.918. The number of nitrogens with one attached hydrogen (secondary N) is 1. The molecule has 3 nitrogen and oxygen atoms in total. The fraction of sp³-hybridized carbons (Fsp3) is 0.600. The summed E-state index contributed by atoms with van der Waals surface area (Å²) in [5, 5.41) is 3.45. The van der Waals surface area contributed by atoms with Crippen molar-refractivity contribution in [2.24, 2.45) is 5.41 Å². The first-order valence-electron chi connectivity index (χ1n) is 7.12. The average molecular weight is 282 g/mol. The Morgan fingerprint density at radius 1 is 1.25 bits per heavy atom. The highest BCUT2D eigenvalue weighted by Gasteiger charge is 2.39. The van der Waals surface area contributed by atoms with E-state index in [0.29, 0.717) is 5.41 Å². The number of ether oxygens (including phenoxy) is 1. The third-order valence-electron chi connectivity index (χ3n) is 4.40. The summed E-state index contributed by atoms with van der Waals surface area (Å²) in [6.07, 6.45) is 2.53. The van der Waals surface area contributed by atoms with Crippen molar-refractivity contribution < 1.29 is 13.5 Å². The van der Waals surface area contributed by atoms with E-state index in [2.05, 4.69) is 15.0 Å². The molecule has 2 fully saturated rings. The topological polar surface area (TPSA) is 24.5 Å². The lowest BCUT2D eigenvalue weighted by atomic mass is 9.86. The van der Waals surface area contributed by atoms with Crippen LogP contribution >= 0.6 is 0 Å². The molecule has 5 heteroatoms. The average Bonchev–Trinajstić information content (AvgIpc) is 3.02. The summed E-state index contributed by atoms with van der Waals surface area (Å²) >= 11 is 0. The second-order valence-corrected chi connectivity index (χ2v) is 5.91. The molecule has 1 N–H and O–H groups in total. The zero-order chi connectivity index (χ0) is 14.0. The van der Waals surface area contributed by atoms with Crippen LogP contribution in [-0.2, 0) is 6.54 Å². The molecular formula is C15H20F2N2O. The van der Waals surface area contributed by atoms with E-state index in [9.17, 15) is 8.78 Å². The van der Waals surface area contributed by atoms with Crippen LogP contribution in [0.1, 0.15) is 18.4 Å². The summed E-state index contributed by atoms with van der Waals surface area (Å²) in [6, 6.07) is 6.97. The Bertz CT molecular complexity index is 444. The maximum Gasteiger partial charge on any atom is 0.387 e. The Kier molecular flexibility index (Phi) is 3.89. The van der Waals surface area contributed by atoms with E-state index in [0.717, 1.165) is 38.3 Å². The van der Waals surface area contributed by atoms with E-state index in [1.54, 1.807) is 12.1 Å². The van der Waals surface area contributed by atoms with Gasteiger partial charge in [-0.1, -0.05) is 12.1 Å². The highest BCUT2D eigenvalue weighted by molar-refractivity contribution is 5.27. The minimum atomic E-state index is -2.76. The third kappa shape index (κ3) is 3.10. The van der Waals surface area contributed by atoms with Crippen molar-refractivity contribution in [2.75, 3.05) is 26.2 Å². The summed E-state index contributed by atoms with van der Waals surface area (Å²) in [5.41, 5.74) is 1.62. The van der Waals surface area contributed by atoms with Crippen LogP contribution in [0, 0.1) is 5.41 Å². The number of hydrogen-bond donors (Lipinski definition) is 1. The standard InChI is InChI=1S/C15H20F2N2O/c16-14(17)20-13-3-1-12(2-4-13)9-19-8-6-15(11-19)5-7-18-10-15/h1-4,14,18H,5-11H2. The molecule has 1 aromatic carbocycles. The molecule has 0 amide bonds. The Balaban J connectivity index is 1.56. The van der Waals surface area contributed by atoms with Crippen LogP contribution in [0.3, 0.4) is 0 Å². The van der Waals surface area contributed by atoms with E-state index >= 15 is 0 Å². The molecule has 0 bridgehead atoms. The number of likely N-dealkylation sites (tertiary alicyclic amines) is 1. The van der Waals surface area contributed by atoms with Crippen LogP contribution in [0.4, 0.5) is 8.78 Å². The van der Waals surface area contributed by atoms with Crippen molar-refractivity contribution in [1.29, 1.82) is 0 Å². The zero-order valence-electron chi connectivity index (χ0n) is 11.4. The molecule has 2 aliphatic rings. The number of halogens is 2. The molecule has 20 heavy (non-hydrogen) atoms. The third-order valence-corrected chi connectivity index (χ3v) is 4.40. The van der Waals surface area contributed by atoms with Crippen LogP contribution < -0.4 is 10.1 Å². The van der Waals surface area contributed by atoms with Gasteiger partial charge >= 0.3 is 6.61 Å². The Hall–Kier alpha value is -1.20. The maximum absolute atomic E-state index is 12.1. The van der Waals surface area contributed by atoms with Gasteiger partial charge in [0.05, 0.1) is 0 Å². The molecule has 2 aliphatic heterocycles. The van der Waals surface area contributed by atoms with E-state index in [4.69, 9.17) is 0 Å². The van der Waals surface area contributed by atoms with E-state index in [1.165, 1.54) is 12.8 Å². The van der Waals surface area contributed by atoms with Crippen LogP contribution in [0.5, 0.6) is 5.75 Å². The van der Waals surface area contributed by atoms with Crippen LogP contribution in [-0.4, -0.2) is 37.7 Å². The second-order valence-electron chi connectivity index (χ2n) is 5.91. The summed E-state index contributed by atoms with van der Waals surface area (Å²) in [5.74, 6) is 0.224. The molecule has 2 heterocycles. The molecule has 2 saturated heterocycles. The SMILES string of the molecule is FC(F)Oc1ccc(CN2CCC3(CCNC3)C2)cc1. The predicted molar refractivity (Wildman–Crippen MR) is 72.9 cm³/mol. The Morgan fingerprint density at radius 3 is 2.70 bits per heavy atom. The normalized spacial score (nSPS) is 26.8. The van der Waals surface area contributed by atoms with E-state index in [1.807, 2.05) is 12.1 Å². The van der Waals surface area contributed by atoms with Crippen molar-refractivity contribution in [1.82, 2.24) is 10.2 Å². The van der Waals surface area contributed by atoms with Crippen molar-refractivity contribution in [2.45, 2.75) is 26.0 Å². The molecule has 1 atom stereocenters. The lowest BCUT2D eigenvalue weighted by Gasteiger charge is -2.22. The van der Waals surface area contributed by atoms with Crippen LogP contribution in [0.25, 0.3) is 0 Å². The van der Waals surface area contributed by atoms with Crippen molar-refractivity contribution >= 4 is 0 Å². The molecule has 0 aromatic heterocycles. The lowest BCUT2D eigenvalue weighted by molar-refractivity contribution is -0.0498. The molecule has 3 rings (SSSR count). The van der Waals surface area contributed by atoms with Gasteiger partial charge in [-0.3, -0.25) is 4.90 Å². The summed E-state index contributed by atoms with van der Waals surface area (Å²) in [6.45, 7) is 2.65. The summed E-state index contributed by atoms with van der Waals surface area (Å²) < 4.78 is 28.5. The number of alkyl halides is 2. The van der Waals surface area contributed by atoms with Crippen molar-refractivity contribution in [3.8, 4) is 5.75 Å². The van der Waals surface area contributed by atoms with Crippen LogP contribution in [0.15, 0.2) is 24.3 Å². The van der Waals surface area contributed by atoms with Gasteiger partial charge in [0.2, 0.25) is 0 Å². The zero-order valence-corrected chi connectivity index (χ0v) is 11.4. The molecule has 1 aromatic rings.